The second-order valence-corrected chi connectivity index (χ2v) is 8.13. The number of hydrogen-bond donors (Lipinski definition) is 1. The quantitative estimate of drug-likeness (QED) is 0.517. The Labute approximate surface area is 182 Å². The zero-order valence-electron chi connectivity index (χ0n) is 16.6. The van der Waals surface area contributed by atoms with Crippen molar-refractivity contribution >= 4 is 28.2 Å². The van der Waals surface area contributed by atoms with Gasteiger partial charge in [-0.2, -0.15) is 0 Å². The molecule has 1 fully saturated rings. The zero-order valence-corrected chi connectivity index (χ0v) is 17.4. The molecule has 0 saturated carbocycles. The highest BCUT2D eigenvalue weighted by molar-refractivity contribution is 7.14. The van der Waals surface area contributed by atoms with E-state index in [9.17, 15) is 4.79 Å². The van der Waals surface area contributed by atoms with Crippen LogP contribution in [-0.2, 0) is 4.79 Å². The van der Waals surface area contributed by atoms with Gasteiger partial charge in [-0.1, -0.05) is 0 Å². The van der Waals surface area contributed by atoms with Crippen molar-refractivity contribution in [1.82, 2.24) is 29.7 Å². The number of hydrogen-bond acceptors (Lipinski definition) is 8. The Morgan fingerprint density at radius 3 is 2.81 bits per heavy atom. The van der Waals surface area contributed by atoms with Gasteiger partial charge in [0.1, 0.15) is 6.33 Å². The lowest BCUT2D eigenvalue weighted by atomic mass is 9.97. The summed E-state index contributed by atoms with van der Waals surface area (Å²) in [5, 5.41) is 14.1. The Balaban J connectivity index is 1.23. The van der Waals surface area contributed by atoms with Gasteiger partial charge in [0.2, 0.25) is 5.91 Å². The third-order valence-electron chi connectivity index (χ3n) is 5.21. The summed E-state index contributed by atoms with van der Waals surface area (Å²) >= 11 is 1.42. The van der Waals surface area contributed by atoms with E-state index in [0.717, 1.165) is 36.5 Å². The summed E-state index contributed by atoms with van der Waals surface area (Å²) in [7, 11) is 0. The molecule has 0 aliphatic carbocycles. The molecule has 1 saturated heterocycles. The molecule has 31 heavy (non-hydrogen) atoms. The van der Waals surface area contributed by atoms with Gasteiger partial charge in [0.15, 0.2) is 16.8 Å². The van der Waals surface area contributed by atoms with Crippen LogP contribution in [0.3, 0.4) is 0 Å². The van der Waals surface area contributed by atoms with Crippen molar-refractivity contribution in [2.75, 3.05) is 23.3 Å². The fourth-order valence-corrected chi connectivity index (χ4v) is 4.33. The van der Waals surface area contributed by atoms with Crippen LogP contribution in [-0.4, -0.2) is 48.7 Å². The molecule has 0 radical (unpaired) electrons. The molecule has 4 aromatic rings. The molecule has 156 valence electrons. The smallest absolute Gasteiger partial charge is 0.231 e. The molecule has 1 amide bonds. The van der Waals surface area contributed by atoms with Crippen LogP contribution in [0.5, 0.6) is 0 Å². The van der Waals surface area contributed by atoms with E-state index in [0.29, 0.717) is 17.5 Å². The summed E-state index contributed by atoms with van der Waals surface area (Å²) in [5.41, 5.74) is 1.74. The minimum absolute atomic E-state index is 0.0141. The van der Waals surface area contributed by atoms with E-state index >= 15 is 0 Å². The maximum atomic E-state index is 12.9. The predicted octanol–water partition coefficient (Wildman–Crippen LogP) is 3.04. The minimum Gasteiger partial charge on any atom is -0.354 e. The van der Waals surface area contributed by atoms with Crippen LogP contribution in [0.25, 0.3) is 17.1 Å². The predicted molar refractivity (Wildman–Crippen MR) is 118 cm³/mol. The highest BCUT2D eigenvalue weighted by Gasteiger charge is 2.27. The molecule has 1 N–H and O–H groups in total. The largest absolute Gasteiger partial charge is 0.354 e. The molecule has 0 bridgehead atoms. The third kappa shape index (κ3) is 4.29. The summed E-state index contributed by atoms with van der Waals surface area (Å²) in [6.45, 7) is 1.46. The molecule has 4 aromatic heterocycles. The number of pyridine rings is 1. The fourth-order valence-electron chi connectivity index (χ4n) is 3.60. The molecule has 5 heterocycles. The molecule has 0 spiro atoms. The zero-order chi connectivity index (χ0) is 21.0. The minimum atomic E-state index is -0.130. The van der Waals surface area contributed by atoms with E-state index < -0.39 is 0 Å². The lowest BCUT2D eigenvalue weighted by Gasteiger charge is -2.32. The summed E-state index contributed by atoms with van der Waals surface area (Å²) in [5.74, 6) is 1.34. The summed E-state index contributed by atoms with van der Waals surface area (Å²) in [4.78, 5) is 27.7. The summed E-state index contributed by atoms with van der Waals surface area (Å²) in [6.07, 6.45) is 10.4. The molecule has 0 aromatic carbocycles. The maximum Gasteiger partial charge on any atom is 0.231 e. The number of carbonyl (C=O) groups is 1. The molecule has 0 unspecified atom stereocenters. The Hall–Kier alpha value is -3.66. The van der Waals surface area contributed by atoms with Crippen LogP contribution in [0.2, 0.25) is 0 Å². The number of amides is 1. The van der Waals surface area contributed by atoms with E-state index in [1.807, 2.05) is 35.8 Å². The molecule has 1 aliphatic heterocycles. The van der Waals surface area contributed by atoms with E-state index in [-0.39, 0.29) is 11.8 Å². The lowest BCUT2D eigenvalue weighted by Crippen LogP contribution is -2.41. The fraction of sp³-hybridized carbons (Fsp3) is 0.238. The van der Waals surface area contributed by atoms with Crippen molar-refractivity contribution in [2.45, 2.75) is 12.8 Å². The second-order valence-electron chi connectivity index (χ2n) is 7.27. The van der Waals surface area contributed by atoms with Gasteiger partial charge in [0.25, 0.3) is 0 Å². The van der Waals surface area contributed by atoms with Crippen LogP contribution in [0.1, 0.15) is 12.8 Å². The average molecular weight is 433 g/mol. The first kappa shape index (κ1) is 19.3. The molecule has 10 heteroatoms. The highest BCUT2D eigenvalue weighted by atomic mass is 32.1. The van der Waals surface area contributed by atoms with E-state index in [2.05, 4.69) is 35.4 Å². The Bertz CT molecular complexity index is 1140. The molecule has 1 aliphatic rings. The molecule has 5 rings (SSSR count). The maximum absolute atomic E-state index is 12.9. The van der Waals surface area contributed by atoms with Crippen LogP contribution in [0, 0.1) is 5.92 Å². The van der Waals surface area contributed by atoms with Crippen molar-refractivity contribution in [1.29, 1.82) is 0 Å². The van der Waals surface area contributed by atoms with Crippen LogP contribution in [0.4, 0.5) is 10.9 Å². The standard InChI is InChI=1S/C21H20N8OS/c30-20(25-21-24-17(13-31-21)15-3-1-7-22-11-15)16-4-2-9-28(12-16)18-5-6-19(27-26-18)29-10-8-23-14-29/h1,3,5-8,10-11,13-14,16H,2,4,9,12H2,(H,24,25,30)/t16-/m0/s1. The Kier molecular flexibility index (Phi) is 5.36. The summed E-state index contributed by atoms with van der Waals surface area (Å²) < 4.78 is 1.80. The van der Waals surface area contributed by atoms with Gasteiger partial charge in [-0.25, -0.2) is 9.97 Å². The summed E-state index contributed by atoms with van der Waals surface area (Å²) in [6, 6.07) is 7.66. The second kappa shape index (κ2) is 8.60. The third-order valence-corrected chi connectivity index (χ3v) is 5.97. The first-order valence-electron chi connectivity index (χ1n) is 10.00. The van der Waals surface area contributed by atoms with Crippen molar-refractivity contribution in [3.63, 3.8) is 0 Å². The molecule has 1 atom stereocenters. The van der Waals surface area contributed by atoms with Gasteiger partial charge in [-0.05, 0) is 37.1 Å². The van der Waals surface area contributed by atoms with E-state index in [4.69, 9.17) is 0 Å². The van der Waals surface area contributed by atoms with Crippen molar-refractivity contribution in [2.24, 2.45) is 5.92 Å². The average Bonchev–Trinajstić information content (AvgIpc) is 3.53. The van der Waals surface area contributed by atoms with Gasteiger partial charge in [0, 0.05) is 48.8 Å². The van der Waals surface area contributed by atoms with Gasteiger partial charge in [-0.15, -0.1) is 21.5 Å². The molecule has 9 nitrogen and oxygen atoms in total. The van der Waals surface area contributed by atoms with Gasteiger partial charge < -0.3 is 10.2 Å². The van der Waals surface area contributed by atoms with Gasteiger partial charge in [-0.3, -0.25) is 14.3 Å². The number of nitrogens with one attached hydrogen (secondary N) is 1. The number of thiazole rings is 1. The first-order chi connectivity index (χ1) is 15.3. The number of anilines is 2. The van der Waals surface area contributed by atoms with Crippen molar-refractivity contribution in [3.05, 3.63) is 60.8 Å². The van der Waals surface area contributed by atoms with Gasteiger partial charge in [0.05, 0.1) is 11.6 Å². The number of rotatable bonds is 5. The number of piperidine rings is 1. The van der Waals surface area contributed by atoms with Crippen LogP contribution < -0.4 is 10.2 Å². The molecular weight excluding hydrogens is 412 g/mol. The van der Waals surface area contributed by atoms with Crippen molar-refractivity contribution < 1.29 is 4.79 Å². The van der Waals surface area contributed by atoms with Crippen molar-refractivity contribution in [3.8, 4) is 17.1 Å². The SMILES string of the molecule is O=C(Nc1nc(-c2cccnc2)cs1)[C@H]1CCCN(c2ccc(-n3ccnc3)nn2)C1. The number of carbonyl (C=O) groups excluding carboxylic acids is 1. The Morgan fingerprint density at radius 2 is 2.03 bits per heavy atom. The monoisotopic (exact) mass is 432 g/mol. The molecular formula is C21H20N8OS. The van der Waals surface area contributed by atoms with Crippen LogP contribution >= 0.6 is 11.3 Å². The number of aromatic nitrogens is 6. The first-order valence-corrected chi connectivity index (χ1v) is 10.9. The highest BCUT2D eigenvalue weighted by Crippen LogP contribution is 2.26. The number of imidazole rings is 1. The lowest BCUT2D eigenvalue weighted by molar-refractivity contribution is -0.120. The Morgan fingerprint density at radius 1 is 1.13 bits per heavy atom. The van der Waals surface area contributed by atoms with Crippen LogP contribution in [0.15, 0.2) is 60.8 Å². The normalized spacial score (nSPS) is 16.3. The van der Waals surface area contributed by atoms with E-state index in [1.54, 1.807) is 29.5 Å². The topological polar surface area (TPSA) is 102 Å². The van der Waals surface area contributed by atoms with Gasteiger partial charge >= 0.3 is 0 Å². The van der Waals surface area contributed by atoms with E-state index in [1.165, 1.54) is 11.3 Å². The number of nitrogens with zero attached hydrogens (tertiary/aromatic N) is 7.